The van der Waals surface area contributed by atoms with Gasteiger partial charge < -0.3 is 4.74 Å². The molecule has 0 amide bonds. The summed E-state index contributed by atoms with van der Waals surface area (Å²) in [6, 6.07) is 0.228. The van der Waals surface area contributed by atoms with Gasteiger partial charge in [-0.05, 0) is 42.0 Å². The molecular formula is C19H33Cl2N3O. The van der Waals surface area contributed by atoms with Crippen LogP contribution in [-0.2, 0) is 0 Å². The topological polar surface area (TPSA) is 47.9 Å². The second-order valence-corrected chi connectivity index (χ2v) is 7.41. The molecule has 6 heteroatoms. The van der Waals surface area contributed by atoms with Crippen LogP contribution in [-0.4, -0.2) is 21.6 Å². The molecule has 25 heavy (non-hydrogen) atoms. The van der Waals surface area contributed by atoms with Crippen molar-refractivity contribution in [3.05, 3.63) is 10.6 Å². The molecule has 1 heterocycles. The minimum atomic E-state index is 0.0745. The summed E-state index contributed by atoms with van der Waals surface area (Å²) >= 11 is 11.6. The fraction of sp³-hybridized carbons (Fsp3) is 0.842. The number of nitrogens with zero attached hydrogens (tertiary/aromatic N) is 3. The monoisotopic (exact) mass is 389 g/mol. The molecule has 0 saturated carbocycles. The van der Waals surface area contributed by atoms with Crippen molar-refractivity contribution in [2.75, 3.05) is 6.61 Å². The molecule has 0 N–H and O–H groups in total. The first-order valence-corrected chi connectivity index (χ1v) is 10.6. The first-order chi connectivity index (χ1) is 12.2. The van der Waals surface area contributed by atoms with Gasteiger partial charge in [-0.15, -0.1) is 0 Å². The third-order valence-corrected chi connectivity index (χ3v) is 4.78. The van der Waals surface area contributed by atoms with E-state index in [0.29, 0.717) is 12.5 Å². The summed E-state index contributed by atoms with van der Waals surface area (Å²) in [6.45, 7) is 5.12. The number of aromatic nitrogens is 3. The highest BCUT2D eigenvalue weighted by Crippen LogP contribution is 2.20. The summed E-state index contributed by atoms with van der Waals surface area (Å²) in [5.74, 6) is 0.539. The molecule has 0 fully saturated rings. The molecule has 4 nitrogen and oxygen atoms in total. The van der Waals surface area contributed by atoms with Crippen LogP contribution in [0.2, 0.25) is 10.6 Å². The first kappa shape index (κ1) is 22.4. The molecule has 1 aromatic rings. The second kappa shape index (κ2) is 14.5. The molecule has 0 bridgehead atoms. The summed E-state index contributed by atoms with van der Waals surface area (Å²) in [7, 11) is 0. The summed E-state index contributed by atoms with van der Waals surface area (Å²) < 4.78 is 5.75. The number of unbranched alkanes of at least 4 members (excludes halogenated alkanes) is 8. The molecule has 0 aliphatic heterocycles. The Labute approximate surface area is 163 Å². The number of halogens is 2. The van der Waals surface area contributed by atoms with Gasteiger partial charge in [0.2, 0.25) is 10.6 Å². The molecule has 1 unspecified atom stereocenters. The maximum atomic E-state index is 5.80. The third kappa shape index (κ3) is 11.6. The van der Waals surface area contributed by atoms with Crippen LogP contribution in [0, 0.1) is 5.92 Å². The average Bonchev–Trinajstić information content (AvgIpc) is 2.58. The van der Waals surface area contributed by atoms with E-state index >= 15 is 0 Å². The number of rotatable bonds is 15. The molecule has 1 rings (SSSR count). The van der Waals surface area contributed by atoms with Gasteiger partial charge in [-0.3, -0.25) is 0 Å². The third-order valence-electron chi connectivity index (χ3n) is 4.44. The highest BCUT2D eigenvalue weighted by molar-refractivity contribution is 6.31. The standard InChI is InChI=1S/C19H33Cl2N3O/c1-3-5-7-9-10-12-14-16(13-11-8-6-4-2)15-25-19-23-17(20)22-18(21)24-19/h16H,3-15H2,1-2H3. The largest absolute Gasteiger partial charge is 0.463 e. The van der Waals surface area contributed by atoms with Crippen LogP contribution in [0.25, 0.3) is 0 Å². The lowest BCUT2D eigenvalue weighted by Crippen LogP contribution is -2.14. The zero-order valence-corrected chi connectivity index (χ0v) is 17.3. The molecule has 0 aliphatic rings. The van der Waals surface area contributed by atoms with Crippen LogP contribution in [0.4, 0.5) is 0 Å². The van der Waals surface area contributed by atoms with Crippen LogP contribution in [0.15, 0.2) is 0 Å². The van der Waals surface area contributed by atoms with Crippen molar-refractivity contribution in [2.45, 2.75) is 90.9 Å². The van der Waals surface area contributed by atoms with Crippen molar-refractivity contribution in [1.82, 2.24) is 15.0 Å². The summed E-state index contributed by atoms with van der Waals surface area (Å²) in [6.07, 6.45) is 15.5. The predicted octanol–water partition coefficient (Wildman–Crippen LogP) is 6.89. The lowest BCUT2D eigenvalue weighted by atomic mass is 9.95. The van der Waals surface area contributed by atoms with Gasteiger partial charge in [0.15, 0.2) is 0 Å². The average molecular weight is 390 g/mol. The highest BCUT2D eigenvalue weighted by atomic mass is 35.5. The maximum Gasteiger partial charge on any atom is 0.322 e. The van der Waals surface area contributed by atoms with Gasteiger partial charge in [-0.2, -0.15) is 15.0 Å². The van der Waals surface area contributed by atoms with E-state index in [1.807, 2.05) is 0 Å². The summed E-state index contributed by atoms with van der Waals surface area (Å²) in [5, 5.41) is 0.149. The molecule has 0 radical (unpaired) electrons. The smallest absolute Gasteiger partial charge is 0.322 e. The zero-order chi connectivity index (χ0) is 18.3. The Morgan fingerprint density at radius 3 is 1.76 bits per heavy atom. The van der Waals surface area contributed by atoms with Crippen LogP contribution < -0.4 is 4.74 Å². The fourth-order valence-electron chi connectivity index (χ4n) is 2.95. The van der Waals surface area contributed by atoms with Gasteiger partial charge in [0.05, 0.1) is 6.61 Å². The van der Waals surface area contributed by atoms with Gasteiger partial charge in [0.1, 0.15) is 0 Å². The van der Waals surface area contributed by atoms with E-state index < -0.39 is 0 Å². The molecular weight excluding hydrogens is 357 g/mol. The Kier molecular flexibility index (Phi) is 13.1. The zero-order valence-electron chi connectivity index (χ0n) is 15.8. The molecule has 0 saturated heterocycles. The van der Waals surface area contributed by atoms with Crippen molar-refractivity contribution in [2.24, 2.45) is 5.92 Å². The van der Waals surface area contributed by atoms with Gasteiger partial charge in [-0.1, -0.05) is 78.1 Å². The molecule has 0 aromatic carbocycles. The molecule has 1 aromatic heterocycles. The quantitative estimate of drug-likeness (QED) is 0.306. The van der Waals surface area contributed by atoms with E-state index in [2.05, 4.69) is 28.8 Å². The van der Waals surface area contributed by atoms with Crippen LogP contribution in [0.3, 0.4) is 0 Å². The Bertz CT molecular complexity index is 440. The Morgan fingerprint density at radius 2 is 1.20 bits per heavy atom. The molecule has 0 spiro atoms. The Balaban J connectivity index is 2.37. The SMILES string of the molecule is CCCCCCCCC(CCCCCC)COc1nc(Cl)nc(Cl)n1. The van der Waals surface area contributed by atoms with Crippen molar-refractivity contribution in [1.29, 1.82) is 0 Å². The summed E-state index contributed by atoms with van der Waals surface area (Å²) in [4.78, 5) is 11.7. The maximum absolute atomic E-state index is 5.80. The summed E-state index contributed by atoms with van der Waals surface area (Å²) in [5.41, 5.74) is 0. The van der Waals surface area contributed by atoms with Gasteiger partial charge >= 0.3 is 6.01 Å². The van der Waals surface area contributed by atoms with Crippen molar-refractivity contribution in [3.8, 4) is 6.01 Å². The number of hydrogen-bond acceptors (Lipinski definition) is 4. The van der Waals surface area contributed by atoms with Crippen LogP contribution >= 0.6 is 23.2 Å². The normalized spacial score (nSPS) is 12.3. The van der Waals surface area contributed by atoms with E-state index in [-0.39, 0.29) is 16.6 Å². The van der Waals surface area contributed by atoms with E-state index in [1.54, 1.807) is 0 Å². The van der Waals surface area contributed by atoms with Gasteiger partial charge in [0.25, 0.3) is 0 Å². The molecule has 0 aliphatic carbocycles. The van der Waals surface area contributed by atoms with Crippen LogP contribution in [0.1, 0.15) is 90.9 Å². The Hall–Kier alpha value is -0.610. The van der Waals surface area contributed by atoms with E-state index in [1.165, 1.54) is 77.0 Å². The highest BCUT2D eigenvalue weighted by Gasteiger charge is 2.12. The first-order valence-electron chi connectivity index (χ1n) is 9.85. The van der Waals surface area contributed by atoms with Crippen molar-refractivity contribution in [3.63, 3.8) is 0 Å². The number of hydrogen-bond donors (Lipinski definition) is 0. The van der Waals surface area contributed by atoms with Crippen molar-refractivity contribution < 1.29 is 4.74 Å². The predicted molar refractivity (Wildman–Crippen MR) is 106 cm³/mol. The molecule has 1 atom stereocenters. The Morgan fingerprint density at radius 1 is 0.720 bits per heavy atom. The van der Waals surface area contributed by atoms with Crippen LogP contribution in [0.5, 0.6) is 6.01 Å². The van der Waals surface area contributed by atoms with Crippen molar-refractivity contribution >= 4 is 23.2 Å². The van der Waals surface area contributed by atoms with E-state index in [4.69, 9.17) is 27.9 Å². The van der Waals surface area contributed by atoms with E-state index in [9.17, 15) is 0 Å². The van der Waals surface area contributed by atoms with E-state index in [0.717, 1.165) is 0 Å². The molecule has 144 valence electrons. The lowest BCUT2D eigenvalue weighted by Gasteiger charge is -2.17. The van der Waals surface area contributed by atoms with Gasteiger partial charge in [-0.25, -0.2) is 0 Å². The number of ether oxygens (including phenoxy) is 1. The minimum absolute atomic E-state index is 0.0745. The van der Waals surface area contributed by atoms with Gasteiger partial charge in [0, 0.05) is 0 Å². The minimum Gasteiger partial charge on any atom is -0.463 e. The lowest BCUT2D eigenvalue weighted by molar-refractivity contribution is 0.209. The second-order valence-electron chi connectivity index (χ2n) is 6.74. The fourth-order valence-corrected chi connectivity index (χ4v) is 3.30.